The molecule has 2 rings (SSSR count). The van der Waals surface area contributed by atoms with E-state index in [1.807, 2.05) is 0 Å². The molecule has 106 valence electrons. The second-order valence-corrected chi connectivity index (χ2v) is 4.95. The topological polar surface area (TPSA) is 80.5 Å². The number of carbonyl (C=O) groups excluding carboxylic acids is 2. The van der Waals surface area contributed by atoms with E-state index in [1.54, 1.807) is 11.0 Å². The summed E-state index contributed by atoms with van der Waals surface area (Å²) in [5.41, 5.74) is 1.19. The normalized spacial score (nSPS) is 14.1. The molecule has 6 heteroatoms. The minimum absolute atomic E-state index is 0.0670. The van der Waals surface area contributed by atoms with E-state index in [4.69, 9.17) is 0 Å². The van der Waals surface area contributed by atoms with E-state index in [9.17, 15) is 19.7 Å². The summed E-state index contributed by atoms with van der Waals surface area (Å²) in [5, 5.41) is 10.8. The number of fused-ring (bicyclic) bond motifs is 1. The summed E-state index contributed by atoms with van der Waals surface area (Å²) < 4.78 is 0. The average Bonchev–Trinajstić information content (AvgIpc) is 2.40. The molecule has 1 aromatic carbocycles. The van der Waals surface area contributed by atoms with Crippen LogP contribution in [-0.2, 0) is 11.2 Å². The molecule has 1 aromatic rings. The van der Waals surface area contributed by atoms with Gasteiger partial charge in [-0.05, 0) is 25.3 Å². The summed E-state index contributed by atoms with van der Waals surface area (Å²) >= 11 is 0. The maximum atomic E-state index is 12.3. The third-order valence-electron chi connectivity index (χ3n) is 3.43. The molecule has 0 unspecified atom stereocenters. The number of benzene rings is 1. The molecule has 1 heterocycles. The van der Waals surface area contributed by atoms with E-state index < -0.39 is 4.92 Å². The van der Waals surface area contributed by atoms with Crippen molar-refractivity contribution in [2.24, 2.45) is 0 Å². The Hall–Kier alpha value is -2.24. The smallest absolute Gasteiger partial charge is 0.270 e. The lowest BCUT2D eigenvalue weighted by Gasteiger charge is -2.28. The number of ketones is 1. The number of nitro benzene ring substituents is 1. The van der Waals surface area contributed by atoms with Crippen molar-refractivity contribution in [3.05, 3.63) is 39.4 Å². The number of Topliss-reactive ketones (excluding diaryl/α,β-unsaturated/α-hetero) is 1. The predicted molar refractivity (Wildman–Crippen MR) is 72.6 cm³/mol. The number of non-ortho nitro benzene ring substituents is 1. The second kappa shape index (κ2) is 5.81. The standard InChI is InChI=1S/C14H16N2O4/c1-10(17)3-2-7-15-8-6-11-4-5-12(16(19)20)9-13(11)14(15)18/h4-5,9H,2-3,6-8H2,1H3. The van der Waals surface area contributed by atoms with Crippen molar-refractivity contribution < 1.29 is 14.5 Å². The Labute approximate surface area is 116 Å². The molecule has 6 nitrogen and oxygen atoms in total. The molecular formula is C14H16N2O4. The lowest BCUT2D eigenvalue weighted by molar-refractivity contribution is -0.384. The van der Waals surface area contributed by atoms with Gasteiger partial charge in [-0.1, -0.05) is 6.07 Å². The van der Waals surface area contributed by atoms with Crippen molar-refractivity contribution in [3.8, 4) is 0 Å². The van der Waals surface area contributed by atoms with Gasteiger partial charge in [-0.3, -0.25) is 14.9 Å². The summed E-state index contributed by atoms with van der Waals surface area (Å²) in [6, 6.07) is 4.42. The fourth-order valence-electron chi connectivity index (χ4n) is 2.35. The first kappa shape index (κ1) is 14.2. The van der Waals surface area contributed by atoms with Gasteiger partial charge in [-0.25, -0.2) is 0 Å². The zero-order chi connectivity index (χ0) is 14.7. The second-order valence-electron chi connectivity index (χ2n) is 4.95. The monoisotopic (exact) mass is 276 g/mol. The van der Waals surface area contributed by atoms with Gasteiger partial charge < -0.3 is 9.69 Å². The van der Waals surface area contributed by atoms with Gasteiger partial charge in [0.05, 0.1) is 4.92 Å². The van der Waals surface area contributed by atoms with Gasteiger partial charge in [0.25, 0.3) is 11.6 Å². The van der Waals surface area contributed by atoms with Crippen LogP contribution in [0.3, 0.4) is 0 Å². The van der Waals surface area contributed by atoms with E-state index in [-0.39, 0.29) is 17.4 Å². The Balaban J connectivity index is 2.13. The Bertz CT molecular complexity index is 568. The SMILES string of the molecule is CC(=O)CCCN1CCc2ccc([N+](=O)[O-])cc2C1=O. The molecule has 1 aliphatic rings. The summed E-state index contributed by atoms with van der Waals surface area (Å²) in [4.78, 5) is 35.1. The molecular weight excluding hydrogens is 260 g/mol. The number of hydrogen-bond acceptors (Lipinski definition) is 4. The molecule has 0 saturated heterocycles. The lowest BCUT2D eigenvalue weighted by atomic mass is 9.98. The highest BCUT2D eigenvalue weighted by molar-refractivity contribution is 5.97. The van der Waals surface area contributed by atoms with Gasteiger partial charge in [-0.15, -0.1) is 0 Å². The van der Waals surface area contributed by atoms with Crippen molar-refractivity contribution in [1.29, 1.82) is 0 Å². The number of nitrogens with zero attached hydrogens (tertiary/aromatic N) is 2. The van der Waals surface area contributed by atoms with E-state index in [0.717, 1.165) is 5.56 Å². The predicted octanol–water partition coefficient (Wildman–Crippen LogP) is 1.96. The van der Waals surface area contributed by atoms with E-state index in [1.165, 1.54) is 19.1 Å². The molecule has 0 spiro atoms. The van der Waals surface area contributed by atoms with Gasteiger partial charge in [0, 0.05) is 37.2 Å². The van der Waals surface area contributed by atoms with Gasteiger partial charge in [-0.2, -0.15) is 0 Å². The van der Waals surface area contributed by atoms with Gasteiger partial charge in [0.15, 0.2) is 0 Å². The van der Waals surface area contributed by atoms with Crippen molar-refractivity contribution >= 4 is 17.4 Å². The zero-order valence-corrected chi connectivity index (χ0v) is 11.3. The molecule has 0 radical (unpaired) electrons. The van der Waals surface area contributed by atoms with Gasteiger partial charge in [0.2, 0.25) is 0 Å². The maximum absolute atomic E-state index is 12.3. The number of rotatable bonds is 5. The highest BCUT2D eigenvalue weighted by Crippen LogP contribution is 2.24. The quantitative estimate of drug-likeness (QED) is 0.608. The highest BCUT2D eigenvalue weighted by atomic mass is 16.6. The van der Waals surface area contributed by atoms with Crippen LogP contribution in [0.15, 0.2) is 18.2 Å². The zero-order valence-electron chi connectivity index (χ0n) is 11.3. The molecule has 0 atom stereocenters. The molecule has 0 N–H and O–H groups in total. The Morgan fingerprint density at radius 2 is 2.20 bits per heavy atom. The summed E-state index contributed by atoms with van der Waals surface area (Å²) in [7, 11) is 0. The van der Waals surface area contributed by atoms with Crippen LogP contribution in [0, 0.1) is 10.1 Å². The molecule has 0 fully saturated rings. The number of amides is 1. The third kappa shape index (κ3) is 3.01. The number of nitro groups is 1. The van der Waals surface area contributed by atoms with Crippen LogP contribution in [-0.4, -0.2) is 34.6 Å². The summed E-state index contributed by atoms with van der Waals surface area (Å²) in [6.45, 7) is 2.64. The molecule has 1 aliphatic heterocycles. The molecule has 0 aromatic heterocycles. The van der Waals surface area contributed by atoms with E-state index >= 15 is 0 Å². The Morgan fingerprint density at radius 1 is 1.45 bits per heavy atom. The average molecular weight is 276 g/mol. The maximum Gasteiger partial charge on any atom is 0.270 e. The Kier molecular flexibility index (Phi) is 4.12. The fourth-order valence-corrected chi connectivity index (χ4v) is 2.35. The van der Waals surface area contributed by atoms with E-state index in [2.05, 4.69) is 0 Å². The van der Waals surface area contributed by atoms with Crippen molar-refractivity contribution in [2.75, 3.05) is 13.1 Å². The minimum atomic E-state index is -0.498. The largest absolute Gasteiger partial charge is 0.338 e. The van der Waals surface area contributed by atoms with Crippen molar-refractivity contribution in [2.45, 2.75) is 26.2 Å². The van der Waals surface area contributed by atoms with Crippen LogP contribution < -0.4 is 0 Å². The van der Waals surface area contributed by atoms with Gasteiger partial charge in [0.1, 0.15) is 5.78 Å². The lowest BCUT2D eigenvalue weighted by Crippen LogP contribution is -2.38. The van der Waals surface area contributed by atoms with Crippen molar-refractivity contribution in [3.63, 3.8) is 0 Å². The molecule has 1 amide bonds. The van der Waals surface area contributed by atoms with Crippen LogP contribution >= 0.6 is 0 Å². The van der Waals surface area contributed by atoms with Crippen LogP contribution in [0.2, 0.25) is 0 Å². The third-order valence-corrected chi connectivity index (χ3v) is 3.43. The summed E-state index contributed by atoms with van der Waals surface area (Å²) in [6.07, 6.45) is 1.77. The highest BCUT2D eigenvalue weighted by Gasteiger charge is 2.25. The number of hydrogen-bond donors (Lipinski definition) is 0. The van der Waals surface area contributed by atoms with Gasteiger partial charge >= 0.3 is 0 Å². The van der Waals surface area contributed by atoms with Crippen LogP contribution in [0.25, 0.3) is 0 Å². The first-order valence-electron chi connectivity index (χ1n) is 6.55. The Morgan fingerprint density at radius 3 is 2.85 bits per heavy atom. The molecule has 0 saturated carbocycles. The molecule has 20 heavy (non-hydrogen) atoms. The number of carbonyl (C=O) groups is 2. The van der Waals surface area contributed by atoms with Crippen LogP contribution in [0.4, 0.5) is 5.69 Å². The fraction of sp³-hybridized carbons (Fsp3) is 0.429. The van der Waals surface area contributed by atoms with Crippen LogP contribution in [0.5, 0.6) is 0 Å². The summed E-state index contributed by atoms with van der Waals surface area (Å²) in [5.74, 6) is -0.0796. The molecule has 0 aliphatic carbocycles. The first-order valence-corrected chi connectivity index (χ1v) is 6.55. The molecule has 0 bridgehead atoms. The van der Waals surface area contributed by atoms with Crippen molar-refractivity contribution in [1.82, 2.24) is 4.90 Å². The minimum Gasteiger partial charge on any atom is -0.338 e. The van der Waals surface area contributed by atoms with Crippen LogP contribution in [0.1, 0.15) is 35.7 Å². The van der Waals surface area contributed by atoms with E-state index in [0.29, 0.717) is 37.9 Å². The first-order chi connectivity index (χ1) is 9.49.